The molecule has 15 heavy (non-hydrogen) atoms. The van der Waals surface area contributed by atoms with Crippen molar-refractivity contribution in [2.45, 2.75) is 18.8 Å². The van der Waals surface area contributed by atoms with E-state index in [-0.39, 0.29) is 11.3 Å². The number of carboxylic acids is 1. The average Bonchev–Trinajstić information content (AvgIpc) is 2.62. The molecule has 1 saturated heterocycles. The summed E-state index contributed by atoms with van der Waals surface area (Å²) in [6.45, 7) is 2.90. The zero-order chi connectivity index (χ0) is 10.9. The van der Waals surface area contributed by atoms with Gasteiger partial charge in [-0.3, -0.25) is 4.79 Å². The second-order valence-electron chi connectivity index (χ2n) is 4.03. The molecular formula is C11H15NO3. The van der Waals surface area contributed by atoms with Crippen LogP contribution in [0.25, 0.3) is 0 Å². The van der Waals surface area contributed by atoms with Crippen LogP contribution in [-0.2, 0) is 14.9 Å². The molecule has 2 heterocycles. The van der Waals surface area contributed by atoms with E-state index in [1.165, 1.54) is 0 Å². The Morgan fingerprint density at radius 3 is 2.80 bits per heavy atom. The van der Waals surface area contributed by atoms with E-state index in [1.54, 1.807) is 0 Å². The minimum Gasteiger partial charge on any atom is -0.481 e. The van der Waals surface area contributed by atoms with Gasteiger partial charge in [-0.25, -0.2) is 0 Å². The van der Waals surface area contributed by atoms with Gasteiger partial charge in [-0.05, 0) is 18.6 Å². The summed E-state index contributed by atoms with van der Waals surface area (Å²) in [6.07, 6.45) is 2.45. The van der Waals surface area contributed by atoms with Crippen LogP contribution >= 0.6 is 0 Å². The topological polar surface area (TPSA) is 62.3 Å². The summed E-state index contributed by atoms with van der Waals surface area (Å²) in [6, 6.07) is 3.83. The van der Waals surface area contributed by atoms with Crippen LogP contribution in [0.4, 0.5) is 0 Å². The van der Waals surface area contributed by atoms with Gasteiger partial charge in [-0.15, -0.1) is 0 Å². The Bertz CT molecular complexity index is 341. The van der Waals surface area contributed by atoms with Crippen molar-refractivity contribution in [1.29, 1.82) is 0 Å². The van der Waals surface area contributed by atoms with Crippen LogP contribution in [-0.4, -0.2) is 29.3 Å². The first-order chi connectivity index (χ1) is 7.20. The van der Waals surface area contributed by atoms with Crippen LogP contribution in [0.15, 0.2) is 18.3 Å². The van der Waals surface area contributed by atoms with Gasteiger partial charge in [0, 0.05) is 11.9 Å². The molecule has 0 bridgehead atoms. The predicted molar refractivity (Wildman–Crippen MR) is 54.7 cm³/mol. The van der Waals surface area contributed by atoms with Crippen molar-refractivity contribution >= 4 is 5.97 Å². The molecule has 4 heteroatoms. The van der Waals surface area contributed by atoms with Crippen molar-refractivity contribution < 1.29 is 14.6 Å². The standard InChI is InChI=1S/C11H15NO3/c1-2-8(10(13)14)11(6-15-7-11)9-4-3-5-12-9/h3-5,8,12H,2,6-7H2,1H3,(H,13,14). The Morgan fingerprint density at radius 1 is 1.73 bits per heavy atom. The SMILES string of the molecule is CCC(C(=O)O)C1(c2ccc[nH]2)COC1. The highest BCUT2D eigenvalue weighted by Crippen LogP contribution is 2.40. The normalized spacial score (nSPS) is 20.6. The van der Waals surface area contributed by atoms with E-state index < -0.39 is 5.97 Å². The molecule has 0 spiro atoms. The van der Waals surface area contributed by atoms with Crippen LogP contribution in [0.1, 0.15) is 19.0 Å². The Kier molecular flexibility index (Phi) is 2.52. The minimum atomic E-state index is -0.740. The fraction of sp³-hybridized carbons (Fsp3) is 0.545. The third-order valence-electron chi connectivity index (χ3n) is 3.23. The van der Waals surface area contributed by atoms with Crippen molar-refractivity contribution in [2.24, 2.45) is 5.92 Å². The highest BCUT2D eigenvalue weighted by Gasteiger charge is 2.50. The van der Waals surface area contributed by atoms with Gasteiger partial charge in [-0.1, -0.05) is 6.92 Å². The van der Waals surface area contributed by atoms with Crippen molar-refractivity contribution in [2.75, 3.05) is 13.2 Å². The summed E-state index contributed by atoms with van der Waals surface area (Å²) in [5.74, 6) is -1.11. The molecule has 2 N–H and O–H groups in total. The van der Waals surface area contributed by atoms with Gasteiger partial charge in [0.15, 0.2) is 0 Å². The Hall–Kier alpha value is -1.29. The second kappa shape index (κ2) is 3.70. The first-order valence-corrected chi connectivity index (χ1v) is 5.15. The first-order valence-electron chi connectivity index (χ1n) is 5.15. The van der Waals surface area contributed by atoms with E-state index >= 15 is 0 Å². The monoisotopic (exact) mass is 209 g/mol. The molecular weight excluding hydrogens is 194 g/mol. The lowest BCUT2D eigenvalue weighted by atomic mass is 9.70. The molecule has 1 aromatic rings. The number of hydrogen-bond acceptors (Lipinski definition) is 2. The summed E-state index contributed by atoms with van der Waals surface area (Å²) >= 11 is 0. The maximum absolute atomic E-state index is 11.2. The van der Waals surface area contributed by atoms with Crippen molar-refractivity contribution in [3.05, 3.63) is 24.0 Å². The van der Waals surface area contributed by atoms with Crippen molar-refractivity contribution in [1.82, 2.24) is 4.98 Å². The van der Waals surface area contributed by atoms with Gasteiger partial charge >= 0.3 is 5.97 Å². The van der Waals surface area contributed by atoms with Gasteiger partial charge in [0.25, 0.3) is 0 Å². The molecule has 4 nitrogen and oxygen atoms in total. The molecule has 82 valence electrons. The van der Waals surface area contributed by atoms with E-state index in [0.717, 1.165) is 5.69 Å². The van der Waals surface area contributed by atoms with E-state index in [0.29, 0.717) is 19.6 Å². The van der Waals surface area contributed by atoms with Crippen molar-refractivity contribution in [3.8, 4) is 0 Å². The van der Waals surface area contributed by atoms with Gasteiger partial charge in [-0.2, -0.15) is 0 Å². The quantitative estimate of drug-likeness (QED) is 0.787. The molecule has 2 rings (SSSR count). The second-order valence-corrected chi connectivity index (χ2v) is 4.03. The van der Waals surface area contributed by atoms with Gasteiger partial charge in [0.2, 0.25) is 0 Å². The Balaban J connectivity index is 2.32. The number of nitrogens with one attached hydrogen (secondary N) is 1. The predicted octanol–water partition coefficient (Wildman–Crippen LogP) is 1.39. The maximum Gasteiger partial charge on any atom is 0.307 e. The number of carbonyl (C=O) groups is 1. The van der Waals surface area contributed by atoms with Gasteiger partial charge in [0.1, 0.15) is 0 Å². The number of hydrogen-bond donors (Lipinski definition) is 2. The van der Waals surface area contributed by atoms with Crippen LogP contribution in [0.3, 0.4) is 0 Å². The largest absolute Gasteiger partial charge is 0.481 e. The number of rotatable bonds is 4. The minimum absolute atomic E-state index is 0.343. The fourth-order valence-corrected chi connectivity index (χ4v) is 2.31. The lowest BCUT2D eigenvalue weighted by molar-refractivity contribution is -0.157. The van der Waals surface area contributed by atoms with Crippen molar-refractivity contribution in [3.63, 3.8) is 0 Å². The maximum atomic E-state index is 11.2. The average molecular weight is 209 g/mol. The lowest BCUT2D eigenvalue weighted by Crippen LogP contribution is -2.54. The van der Waals surface area contributed by atoms with E-state index in [2.05, 4.69) is 4.98 Å². The van der Waals surface area contributed by atoms with Crippen LogP contribution < -0.4 is 0 Å². The summed E-state index contributed by atoms with van der Waals surface area (Å²) < 4.78 is 5.21. The van der Waals surface area contributed by atoms with Crippen LogP contribution in [0.2, 0.25) is 0 Å². The zero-order valence-electron chi connectivity index (χ0n) is 8.69. The third-order valence-corrected chi connectivity index (χ3v) is 3.23. The highest BCUT2D eigenvalue weighted by molar-refractivity contribution is 5.72. The number of ether oxygens (including phenoxy) is 1. The smallest absolute Gasteiger partial charge is 0.307 e. The zero-order valence-corrected chi connectivity index (χ0v) is 8.69. The molecule has 1 aromatic heterocycles. The number of aromatic nitrogens is 1. The summed E-state index contributed by atoms with van der Waals surface area (Å²) in [5, 5.41) is 9.20. The van der Waals surface area contributed by atoms with E-state index in [1.807, 2.05) is 25.3 Å². The Labute approximate surface area is 88.3 Å². The van der Waals surface area contributed by atoms with Crippen LogP contribution in [0.5, 0.6) is 0 Å². The molecule has 1 fully saturated rings. The summed E-state index contributed by atoms with van der Waals surface area (Å²) in [7, 11) is 0. The molecule has 0 radical (unpaired) electrons. The highest BCUT2D eigenvalue weighted by atomic mass is 16.5. The summed E-state index contributed by atoms with van der Waals surface area (Å²) in [5.41, 5.74) is 0.632. The molecule has 1 aliphatic heterocycles. The number of carboxylic acid groups (broad SMARTS) is 1. The molecule has 1 atom stereocenters. The molecule has 0 aromatic carbocycles. The number of aliphatic carboxylic acids is 1. The van der Waals surface area contributed by atoms with Gasteiger partial charge in [0.05, 0.1) is 24.5 Å². The van der Waals surface area contributed by atoms with E-state index in [4.69, 9.17) is 4.74 Å². The van der Waals surface area contributed by atoms with Crippen LogP contribution in [0, 0.1) is 5.92 Å². The summed E-state index contributed by atoms with van der Waals surface area (Å²) in [4.78, 5) is 14.3. The first kappa shape index (κ1) is 10.2. The molecule has 0 saturated carbocycles. The number of H-pyrrole nitrogens is 1. The molecule has 0 amide bonds. The fourth-order valence-electron chi connectivity index (χ4n) is 2.31. The van der Waals surface area contributed by atoms with Gasteiger partial charge < -0.3 is 14.8 Å². The third kappa shape index (κ3) is 1.45. The molecule has 1 aliphatic rings. The molecule has 1 unspecified atom stereocenters. The molecule has 0 aliphatic carbocycles. The lowest BCUT2D eigenvalue weighted by Gasteiger charge is -2.44. The Morgan fingerprint density at radius 2 is 2.47 bits per heavy atom. The van der Waals surface area contributed by atoms with E-state index in [9.17, 15) is 9.90 Å². The number of aromatic amines is 1.